The van der Waals surface area contributed by atoms with Gasteiger partial charge in [-0.3, -0.25) is 0 Å². The van der Waals surface area contributed by atoms with Crippen LogP contribution in [0, 0.1) is 0 Å². The van der Waals surface area contributed by atoms with Crippen LogP contribution in [0.15, 0.2) is 144 Å². The second-order valence-corrected chi connectivity index (χ2v) is 8.96. The van der Waals surface area contributed by atoms with Gasteiger partial charge in [0.1, 0.15) is 11.5 Å². The highest BCUT2D eigenvalue weighted by Crippen LogP contribution is 2.14. The Hall–Kier alpha value is -4.30. The molecular weight excluding hydrogens is 464 g/mol. The number of allylic oxidation sites excluding steroid dienone is 16. The van der Waals surface area contributed by atoms with Crippen molar-refractivity contribution in [1.82, 2.24) is 0 Å². The Morgan fingerprint density at radius 1 is 0.447 bits per heavy atom. The van der Waals surface area contributed by atoms with Crippen LogP contribution in [0.3, 0.4) is 0 Å². The standard InChI is InChI=1S/C36H40O2/c1-29(13-9-15-31(3)17-19-33-21-25-35(37-5)26-22-33)11-7-8-12-30(2)14-10-16-32(4)18-20-34-23-27-36(38-6)28-24-34/h7-28H,1-6H3. The van der Waals surface area contributed by atoms with Gasteiger partial charge in [-0.1, -0.05) is 132 Å². The van der Waals surface area contributed by atoms with Gasteiger partial charge in [-0.05, 0) is 63.1 Å². The molecule has 2 heteroatoms. The van der Waals surface area contributed by atoms with Crippen molar-refractivity contribution in [2.75, 3.05) is 14.2 Å². The Kier molecular flexibility index (Phi) is 13.6. The van der Waals surface area contributed by atoms with E-state index in [2.05, 4.69) is 113 Å². The highest BCUT2D eigenvalue weighted by molar-refractivity contribution is 5.55. The van der Waals surface area contributed by atoms with Crippen molar-refractivity contribution in [1.29, 1.82) is 0 Å². The van der Waals surface area contributed by atoms with Crippen LogP contribution in [0.25, 0.3) is 12.2 Å². The molecule has 0 unspecified atom stereocenters. The quantitative estimate of drug-likeness (QED) is 0.268. The zero-order valence-electron chi connectivity index (χ0n) is 23.5. The average molecular weight is 505 g/mol. The summed E-state index contributed by atoms with van der Waals surface area (Å²) >= 11 is 0. The van der Waals surface area contributed by atoms with Crippen molar-refractivity contribution >= 4 is 12.2 Å². The third kappa shape index (κ3) is 12.6. The first-order valence-electron chi connectivity index (χ1n) is 12.8. The predicted molar refractivity (Wildman–Crippen MR) is 167 cm³/mol. The smallest absolute Gasteiger partial charge is 0.118 e. The van der Waals surface area contributed by atoms with Gasteiger partial charge in [0.2, 0.25) is 0 Å². The Morgan fingerprint density at radius 3 is 1.11 bits per heavy atom. The third-order valence-electron chi connectivity index (χ3n) is 5.57. The second-order valence-electron chi connectivity index (χ2n) is 8.96. The summed E-state index contributed by atoms with van der Waals surface area (Å²) in [6, 6.07) is 16.1. The Bertz CT molecular complexity index is 1170. The number of ether oxygens (including phenoxy) is 2. The van der Waals surface area contributed by atoms with Crippen molar-refractivity contribution in [3.8, 4) is 11.5 Å². The lowest BCUT2D eigenvalue weighted by Gasteiger charge is -1.99. The van der Waals surface area contributed by atoms with E-state index in [9.17, 15) is 0 Å². The molecule has 2 nitrogen and oxygen atoms in total. The van der Waals surface area contributed by atoms with Crippen LogP contribution in [0.1, 0.15) is 38.8 Å². The Balaban J connectivity index is 1.81. The van der Waals surface area contributed by atoms with Crippen molar-refractivity contribution < 1.29 is 9.47 Å². The van der Waals surface area contributed by atoms with E-state index < -0.39 is 0 Å². The number of benzene rings is 2. The van der Waals surface area contributed by atoms with E-state index in [1.807, 2.05) is 48.5 Å². The topological polar surface area (TPSA) is 18.5 Å². The normalized spacial score (nSPS) is 14.2. The van der Waals surface area contributed by atoms with Gasteiger partial charge < -0.3 is 9.47 Å². The number of rotatable bonds is 12. The van der Waals surface area contributed by atoms with Crippen LogP contribution in [-0.4, -0.2) is 14.2 Å². The molecule has 0 amide bonds. The number of hydrogen-bond donors (Lipinski definition) is 0. The molecule has 0 spiro atoms. The molecule has 0 radical (unpaired) electrons. The zero-order valence-corrected chi connectivity index (χ0v) is 23.5. The van der Waals surface area contributed by atoms with E-state index in [0.29, 0.717) is 0 Å². The summed E-state index contributed by atoms with van der Waals surface area (Å²) < 4.78 is 10.4. The number of methoxy groups -OCH3 is 2. The fourth-order valence-corrected chi connectivity index (χ4v) is 3.23. The molecule has 0 N–H and O–H groups in total. The molecule has 0 fully saturated rings. The fraction of sp³-hybridized carbons (Fsp3) is 0.167. The minimum Gasteiger partial charge on any atom is -0.497 e. The summed E-state index contributed by atoms with van der Waals surface area (Å²) in [4.78, 5) is 0. The molecule has 0 heterocycles. The van der Waals surface area contributed by atoms with E-state index in [-0.39, 0.29) is 0 Å². The van der Waals surface area contributed by atoms with Crippen molar-refractivity contribution in [3.63, 3.8) is 0 Å². The average Bonchev–Trinajstić information content (AvgIpc) is 2.93. The van der Waals surface area contributed by atoms with Crippen LogP contribution in [0.2, 0.25) is 0 Å². The van der Waals surface area contributed by atoms with Crippen molar-refractivity contribution in [2.24, 2.45) is 0 Å². The molecule has 0 aliphatic heterocycles. The summed E-state index contributed by atoms with van der Waals surface area (Å²) in [5.41, 5.74) is 7.04. The van der Waals surface area contributed by atoms with Crippen molar-refractivity contribution in [3.05, 3.63) is 155 Å². The lowest BCUT2D eigenvalue weighted by molar-refractivity contribution is 0.414. The predicted octanol–water partition coefficient (Wildman–Crippen LogP) is 9.88. The summed E-state index contributed by atoms with van der Waals surface area (Å²) in [6.45, 7) is 8.39. The highest BCUT2D eigenvalue weighted by atomic mass is 16.5. The summed E-state index contributed by atoms with van der Waals surface area (Å²) in [5, 5.41) is 0. The van der Waals surface area contributed by atoms with Gasteiger partial charge in [0.25, 0.3) is 0 Å². The van der Waals surface area contributed by atoms with Gasteiger partial charge in [-0.15, -0.1) is 0 Å². The van der Waals surface area contributed by atoms with E-state index in [0.717, 1.165) is 22.6 Å². The molecule has 2 rings (SSSR count). The molecule has 0 atom stereocenters. The SMILES string of the molecule is COc1ccc(C=CC(C)=CC=CC(C)=CC=CC=C(C)C=CC=C(C)C=Cc2ccc(OC)cc2)cc1. The zero-order chi connectivity index (χ0) is 27.6. The Morgan fingerprint density at radius 2 is 0.763 bits per heavy atom. The fourth-order valence-electron chi connectivity index (χ4n) is 3.23. The lowest BCUT2D eigenvalue weighted by Crippen LogP contribution is -1.81. The van der Waals surface area contributed by atoms with Crippen LogP contribution in [0.5, 0.6) is 11.5 Å². The molecule has 0 saturated carbocycles. The highest BCUT2D eigenvalue weighted by Gasteiger charge is 1.91. The minimum atomic E-state index is 0.869. The molecule has 0 aliphatic carbocycles. The first kappa shape index (κ1) is 29.9. The van der Waals surface area contributed by atoms with E-state index >= 15 is 0 Å². The molecule has 38 heavy (non-hydrogen) atoms. The monoisotopic (exact) mass is 504 g/mol. The van der Waals surface area contributed by atoms with Crippen LogP contribution in [0.4, 0.5) is 0 Å². The molecule has 2 aromatic carbocycles. The maximum absolute atomic E-state index is 5.20. The second kappa shape index (κ2) is 17.2. The summed E-state index contributed by atoms with van der Waals surface area (Å²) in [6.07, 6.45) is 29.4. The van der Waals surface area contributed by atoms with Crippen LogP contribution < -0.4 is 9.47 Å². The largest absolute Gasteiger partial charge is 0.497 e. The maximum Gasteiger partial charge on any atom is 0.118 e. The van der Waals surface area contributed by atoms with Gasteiger partial charge in [-0.2, -0.15) is 0 Å². The van der Waals surface area contributed by atoms with E-state index in [1.165, 1.54) is 22.3 Å². The minimum absolute atomic E-state index is 0.869. The van der Waals surface area contributed by atoms with Gasteiger partial charge in [0.15, 0.2) is 0 Å². The van der Waals surface area contributed by atoms with Gasteiger partial charge >= 0.3 is 0 Å². The lowest BCUT2D eigenvalue weighted by atomic mass is 10.1. The third-order valence-corrected chi connectivity index (χ3v) is 5.57. The van der Waals surface area contributed by atoms with Gasteiger partial charge in [0.05, 0.1) is 14.2 Å². The number of hydrogen-bond acceptors (Lipinski definition) is 2. The molecule has 0 saturated heterocycles. The summed E-state index contributed by atoms with van der Waals surface area (Å²) in [7, 11) is 3.36. The first-order valence-corrected chi connectivity index (χ1v) is 12.8. The van der Waals surface area contributed by atoms with Gasteiger partial charge in [0, 0.05) is 0 Å². The van der Waals surface area contributed by atoms with Crippen LogP contribution in [-0.2, 0) is 0 Å². The molecular formula is C36H40O2. The Labute approximate surface area is 229 Å². The molecule has 196 valence electrons. The van der Waals surface area contributed by atoms with Crippen molar-refractivity contribution in [2.45, 2.75) is 27.7 Å². The van der Waals surface area contributed by atoms with Gasteiger partial charge in [-0.25, -0.2) is 0 Å². The summed E-state index contributed by atoms with van der Waals surface area (Å²) in [5.74, 6) is 1.74. The van der Waals surface area contributed by atoms with E-state index in [1.54, 1.807) is 14.2 Å². The first-order chi connectivity index (χ1) is 18.4. The molecule has 0 bridgehead atoms. The van der Waals surface area contributed by atoms with E-state index in [4.69, 9.17) is 9.47 Å². The van der Waals surface area contributed by atoms with Crippen LogP contribution >= 0.6 is 0 Å². The molecule has 0 aromatic heterocycles. The maximum atomic E-state index is 5.20. The molecule has 0 aliphatic rings. The molecule has 2 aromatic rings.